The molecule has 2 aromatic carbocycles. The third-order valence-corrected chi connectivity index (χ3v) is 3.07. The lowest BCUT2D eigenvalue weighted by Crippen LogP contribution is -1.91. The van der Waals surface area contributed by atoms with E-state index in [0.717, 1.165) is 11.1 Å². The molecule has 0 heterocycles. The smallest absolute Gasteiger partial charge is 0.0120 e. The Labute approximate surface area is 105 Å². The van der Waals surface area contributed by atoms with Crippen molar-refractivity contribution in [2.45, 2.75) is 9.79 Å². The van der Waals surface area contributed by atoms with Crippen LogP contribution in [-0.4, -0.2) is 0 Å². The van der Waals surface area contributed by atoms with E-state index in [1.165, 1.54) is 0 Å². The zero-order chi connectivity index (χ0) is 11.7. The van der Waals surface area contributed by atoms with Crippen LogP contribution < -0.4 is 11.5 Å². The lowest BCUT2D eigenvalue weighted by Gasteiger charge is -2.15. The van der Waals surface area contributed by atoms with Crippen molar-refractivity contribution in [2.24, 2.45) is 0 Å². The highest BCUT2D eigenvalue weighted by Crippen LogP contribution is 2.26. The Kier molecular flexibility index (Phi) is 2.85. The second-order valence-corrected chi connectivity index (χ2v) is 4.38. The molecule has 0 bridgehead atoms. The van der Waals surface area contributed by atoms with Gasteiger partial charge in [0.2, 0.25) is 0 Å². The molecule has 0 aliphatic heterocycles. The highest BCUT2D eigenvalue weighted by atomic mass is 32.1. The molecule has 2 nitrogen and oxygen atoms in total. The number of benzene rings is 2. The molecule has 0 aliphatic carbocycles. The number of nitrogens with two attached hydrogens (primary N) is 2. The number of anilines is 2. The highest BCUT2D eigenvalue weighted by molar-refractivity contribution is 7.59. The minimum absolute atomic E-state index is 0.618. The molecule has 2 rings (SSSR count). The predicted molar refractivity (Wildman–Crippen MR) is 72.0 cm³/mol. The van der Waals surface area contributed by atoms with Crippen LogP contribution in [-0.2, 0) is 25.3 Å². The van der Waals surface area contributed by atoms with Gasteiger partial charge in [0.1, 0.15) is 0 Å². The van der Waals surface area contributed by atoms with Crippen LogP contribution >= 0.6 is 0 Å². The maximum atomic E-state index is 5.68. The molecule has 4 heteroatoms. The summed E-state index contributed by atoms with van der Waals surface area (Å²) in [7, 11) is 0. The number of hydrogen-bond acceptors (Lipinski definition) is 4. The standard InChI is InChI=1S/C12H12N2S2/c13-9-3-1-7(5-11(9)15)8-2-4-10(14)12(16)6-8/h1-6,15-16H,13-14H2/p-2. The van der Waals surface area contributed by atoms with Gasteiger partial charge in [-0.1, -0.05) is 24.3 Å². The maximum Gasteiger partial charge on any atom is 0.0120 e. The molecular weight excluding hydrogens is 236 g/mol. The quantitative estimate of drug-likeness (QED) is 0.599. The largest absolute Gasteiger partial charge is 0.778 e. The molecule has 0 saturated carbocycles. The lowest BCUT2D eigenvalue weighted by molar-refractivity contribution is 1.43. The van der Waals surface area contributed by atoms with Crippen molar-refractivity contribution >= 4 is 36.6 Å². The van der Waals surface area contributed by atoms with Gasteiger partial charge in [-0.2, -0.15) is 9.79 Å². The predicted octanol–water partition coefficient (Wildman–Crippen LogP) is 2.33. The molecule has 0 unspecified atom stereocenters. The van der Waals surface area contributed by atoms with Crippen molar-refractivity contribution in [3.05, 3.63) is 36.4 Å². The molecule has 0 fully saturated rings. The van der Waals surface area contributed by atoms with Crippen LogP contribution in [0.5, 0.6) is 0 Å². The fourth-order valence-corrected chi connectivity index (χ4v) is 1.82. The third kappa shape index (κ3) is 2.03. The van der Waals surface area contributed by atoms with Crippen molar-refractivity contribution in [2.75, 3.05) is 11.5 Å². The van der Waals surface area contributed by atoms with Crippen LogP contribution in [0.3, 0.4) is 0 Å². The van der Waals surface area contributed by atoms with E-state index < -0.39 is 0 Å². The Morgan fingerprint density at radius 3 is 1.38 bits per heavy atom. The summed E-state index contributed by atoms with van der Waals surface area (Å²) in [6.45, 7) is 0. The average Bonchev–Trinajstić information content (AvgIpc) is 2.26. The van der Waals surface area contributed by atoms with Gasteiger partial charge in [0.15, 0.2) is 0 Å². The van der Waals surface area contributed by atoms with Crippen LogP contribution in [0.15, 0.2) is 46.2 Å². The Morgan fingerprint density at radius 1 is 0.688 bits per heavy atom. The summed E-state index contributed by atoms with van der Waals surface area (Å²) in [5.74, 6) is 0. The van der Waals surface area contributed by atoms with Crippen LogP contribution in [0, 0.1) is 0 Å². The van der Waals surface area contributed by atoms with E-state index in [1.54, 1.807) is 12.1 Å². The maximum absolute atomic E-state index is 5.68. The summed E-state index contributed by atoms with van der Waals surface area (Å²) >= 11 is 10.2. The van der Waals surface area contributed by atoms with Crippen molar-refractivity contribution in [1.82, 2.24) is 0 Å². The van der Waals surface area contributed by atoms with Crippen molar-refractivity contribution in [3.8, 4) is 11.1 Å². The molecule has 0 atom stereocenters. The van der Waals surface area contributed by atoms with Gasteiger partial charge in [-0.25, -0.2) is 0 Å². The first-order valence-electron chi connectivity index (χ1n) is 4.71. The Morgan fingerprint density at radius 2 is 1.06 bits per heavy atom. The van der Waals surface area contributed by atoms with Crippen molar-refractivity contribution in [1.29, 1.82) is 0 Å². The topological polar surface area (TPSA) is 52.0 Å². The summed E-state index contributed by atoms with van der Waals surface area (Å²) in [4.78, 5) is 1.31. The molecule has 0 saturated heterocycles. The van der Waals surface area contributed by atoms with Crippen LogP contribution in [0.2, 0.25) is 0 Å². The van der Waals surface area contributed by atoms with Gasteiger partial charge in [-0.15, -0.1) is 0 Å². The van der Waals surface area contributed by atoms with Gasteiger partial charge >= 0.3 is 0 Å². The first kappa shape index (κ1) is 11.0. The van der Waals surface area contributed by atoms with Crippen LogP contribution in [0.4, 0.5) is 11.4 Å². The lowest BCUT2D eigenvalue weighted by atomic mass is 10.1. The molecule has 0 radical (unpaired) electrons. The molecule has 4 N–H and O–H groups in total. The van der Waals surface area contributed by atoms with E-state index in [4.69, 9.17) is 36.7 Å². The first-order chi connectivity index (χ1) is 7.58. The van der Waals surface area contributed by atoms with Gasteiger partial charge in [0.25, 0.3) is 0 Å². The number of nitrogen functional groups attached to an aromatic ring is 2. The molecule has 0 amide bonds. The third-order valence-electron chi connectivity index (χ3n) is 2.36. The summed E-state index contributed by atoms with van der Waals surface area (Å²) in [6.07, 6.45) is 0. The van der Waals surface area contributed by atoms with E-state index in [1.807, 2.05) is 24.3 Å². The molecule has 16 heavy (non-hydrogen) atoms. The zero-order valence-corrected chi connectivity index (χ0v) is 10.1. The SMILES string of the molecule is Nc1ccc(-c2ccc(N)c([S-])c2)cc1[S-]. The van der Waals surface area contributed by atoms with E-state index >= 15 is 0 Å². The molecule has 0 spiro atoms. The normalized spacial score (nSPS) is 10.2. The molecule has 0 aliphatic rings. The first-order valence-corrected chi connectivity index (χ1v) is 5.53. The van der Waals surface area contributed by atoms with Gasteiger partial charge < -0.3 is 36.7 Å². The fourth-order valence-electron chi connectivity index (χ4n) is 1.43. The van der Waals surface area contributed by atoms with E-state index in [-0.39, 0.29) is 0 Å². The second-order valence-electron chi connectivity index (χ2n) is 3.51. The van der Waals surface area contributed by atoms with Crippen molar-refractivity contribution in [3.63, 3.8) is 0 Å². The second kappa shape index (κ2) is 4.15. The fraction of sp³-hybridized carbons (Fsp3) is 0. The van der Waals surface area contributed by atoms with Gasteiger partial charge in [0, 0.05) is 11.4 Å². The monoisotopic (exact) mass is 246 g/mol. The summed E-state index contributed by atoms with van der Waals surface area (Å²) in [5, 5.41) is 0. The van der Waals surface area contributed by atoms with E-state index in [2.05, 4.69) is 0 Å². The summed E-state index contributed by atoms with van der Waals surface area (Å²) < 4.78 is 0. The molecular formula is C12H10N2S2-2. The van der Waals surface area contributed by atoms with E-state index in [9.17, 15) is 0 Å². The number of rotatable bonds is 1. The number of hydrogen-bond donors (Lipinski definition) is 2. The van der Waals surface area contributed by atoms with Crippen LogP contribution in [0.1, 0.15) is 0 Å². The minimum atomic E-state index is 0.618. The zero-order valence-electron chi connectivity index (χ0n) is 8.44. The highest BCUT2D eigenvalue weighted by Gasteiger charge is 1.97. The molecule has 82 valence electrons. The Bertz CT molecular complexity index is 489. The summed E-state index contributed by atoms with van der Waals surface area (Å²) in [6, 6.07) is 11.2. The van der Waals surface area contributed by atoms with Gasteiger partial charge in [-0.05, 0) is 23.3 Å². The van der Waals surface area contributed by atoms with E-state index in [0.29, 0.717) is 21.2 Å². The summed E-state index contributed by atoms with van der Waals surface area (Å²) in [5.41, 5.74) is 14.6. The van der Waals surface area contributed by atoms with Crippen LogP contribution in [0.25, 0.3) is 11.1 Å². The molecule has 2 aromatic rings. The molecule has 0 aromatic heterocycles. The van der Waals surface area contributed by atoms with Gasteiger partial charge in [-0.3, -0.25) is 0 Å². The Balaban J connectivity index is 2.50. The Hall–Kier alpha value is -1.52. The average molecular weight is 246 g/mol. The van der Waals surface area contributed by atoms with Gasteiger partial charge in [0.05, 0.1) is 0 Å². The van der Waals surface area contributed by atoms with Crippen molar-refractivity contribution < 1.29 is 0 Å². The minimum Gasteiger partial charge on any atom is -0.778 e.